The molecule has 0 radical (unpaired) electrons. The quantitative estimate of drug-likeness (QED) is 0.352. The second kappa shape index (κ2) is 9.16. The van der Waals surface area contributed by atoms with Gasteiger partial charge in [0, 0.05) is 58.7 Å². The van der Waals surface area contributed by atoms with Gasteiger partial charge in [0.25, 0.3) is 5.91 Å². The fourth-order valence-corrected chi connectivity index (χ4v) is 5.08. The van der Waals surface area contributed by atoms with Gasteiger partial charge in [-0.15, -0.1) is 0 Å². The molecule has 2 heterocycles. The molecule has 0 spiro atoms. The van der Waals surface area contributed by atoms with Crippen LogP contribution in [0.3, 0.4) is 0 Å². The zero-order valence-corrected chi connectivity index (χ0v) is 20.3. The Balaban J connectivity index is 1.58. The van der Waals surface area contributed by atoms with Crippen LogP contribution >= 0.6 is 23.2 Å². The van der Waals surface area contributed by atoms with Crippen molar-refractivity contribution in [3.05, 3.63) is 88.0 Å². The van der Waals surface area contributed by atoms with Crippen LogP contribution < -0.4 is 15.0 Å². The molecule has 1 aliphatic rings. The van der Waals surface area contributed by atoms with Crippen LogP contribution in [-0.4, -0.2) is 31.6 Å². The summed E-state index contributed by atoms with van der Waals surface area (Å²) in [4.78, 5) is 20.1. The largest absolute Gasteiger partial charge is 0.493 e. The Bertz CT molecular complexity index is 1380. The molecule has 172 valence electrons. The standard InChI is InChI=1S/C27H23Cl2N3O2/c1-32(2)26-20-9-11-30-25(16-13-17(28)15-18(29)14-16)19(20)7-8-22(26)27(33)31-23-10-12-34-24-6-4-3-5-21(23)24/h3-9,11,13-15,23H,10,12H2,1-2H3,(H,31,33)/t23-/m0/s1. The van der Waals surface area contributed by atoms with Gasteiger partial charge in [-0.2, -0.15) is 0 Å². The Kier molecular flexibility index (Phi) is 6.07. The SMILES string of the molecule is CN(C)c1c(C(=O)N[C@H]2CCOc3ccccc32)ccc2c(-c3cc(Cl)cc(Cl)c3)nccc12. The molecule has 5 rings (SSSR count). The van der Waals surface area contributed by atoms with Gasteiger partial charge in [-0.3, -0.25) is 9.78 Å². The highest BCUT2D eigenvalue weighted by Gasteiger charge is 2.25. The van der Waals surface area contributed by atoms with Crippen LogP contribution in [0, 0.1) is 0 Å². The van der Waals surface area contributed by atoms with Crippen molar-refractivity contribution in [1.29, 1.82) is 0 Å². The lowest BCUT2D eigenvalue weighted by molar-refractivity contribution is 0.0925. The summed E-state index contributed by atoms with van der Waals surface area (Å²) in [6.45, 7) is 0.567. The molecule has 4 aromatic rings. The molecule has 1 N–H and O–H groups in total. The lowest BCUT2D eigenvalue weighted by Crippen LogP contribution is -2.33. The van der Waals surface area contributed by atoms with Crippen LogP contribution in [0.4, 0.5) is 5.69 Å². The van der Waals surface area contributed by atoms with Gasteiger partial charge < -0.3 is 15.0 Å². The molecule has 0 unspecified atom stereocenters. The number of carbonyl (C=O) groups is 1. The summed E-state index contributed by atoms with van der Waals surface area (Å²) in [5, 5.41) is 6.14. The molecule has 1 aliphatic heterocycles. The van der Waals surface area contributed by atoms with E-state index >= 15 is 0 Å². The molecule has 0 bridgehead atoms. The van der Waals surface area contributed by atoms with Crippen LogP contribution in [-0.2, 0) is 0 Å². The van der Waals surface area contributed by atoms with Crippen LogP contribution in [0.1, 0.15) is 28.4 Å². The number of anilines is 1. The predicted molar refractivity (Wildman–Crippen MR) is 138 cm³/mol. The zero-order valence-electron chi connectivity index (χ0n) is 18.8. The predicted octanol–water partition coefficient (Wildman–Crippen LogP) is 6.53. The van der Waals surface area contributed by atoms with Crippen molar-refractivity contribution in [3.8, 4) is 17.0 Å². The minimum absolute atomic E-state index is 0.107. The lowest BCUT2D eigenvalue weighted by atomic mass is 9.97. The number of rotatable bonds is 4. The number of fused-ring (bicyclic) bond motifs is 2. The van der Waals surface area contributed by atoms with Crippen LogP contribution in [0.25, 0.3) is 22.0 Å². The highest BCUT2D eigenvalue weighted by atomic mass is 35.5. The van der Waals surface area contributed by atoms with Gasteiger partial charge in [0.15, 0.2) is 0 Å². The molecule has 0 fully saturated rings. The van der Waals surface area contributed by atoms with Crippen molar-refractivity contribution in [2.24, 2.45) is 0 Å². The first-order valence-corrected chi connectivity index (χ1v) is 11.8. The van der Waals surface area contributed by atoms with Gasteiger partial charge in [0.2, 0.25) is 0 Å². The summed E-state index contributed by atoms with van der Waals surface area (Å²) >= 11 is 12.5. The molecule has 0 saturated carbocycles. The second-order valence-electron chi connectivity index (χ2n) is 8.47. The summed E-state index contributed by atoms with van der Waals surface area (Å²) in [5.74, 6) is 0.692. The fraction of sp³-hybridized carbons (Fsp3) is 0.185. The van der Waals surface area contributed by atoms with E-state index in [2.05, 4.69) is 10.3 Å². The molecule has 0 saturated heterocycles. The van der Waals surface area contributed by atoms with Crippen molar-refractivity contribution in [2.75, 3.05) is 25.6 Å². The summed E-state index contributed by atoms with van der Waals surface area (Å²) in [6, 6.07) is 18.8. The van der Waals surface area contributed by atoms with E-state index in [-0.39, 0.29) is 11.9 Å². The van der Waals surface area contributed by atoms with Crippen molar-refractivity contribution < 1.29 is 9.53 Å². The molecule has 7 heteroatoms. The smallest absolute Gasteiger partial charge is 0.253 e. The molecule has 3 aromatic carbocycles. The van der Waals surface area contributed by atoms with E-state index in [1.54, 1.807) is 12.3 Å². The van der Waals surface area contributed by atoms with Gasteiger partial charge in [-0.25, -0.2) is 0 Å². The number of hydrogen-bond donors (Lipinski definition) is 1. The Morgan fingerprint density at radius 1 is 1.03 bits per heavy atom. The molecule has 1 atom stereocenters. The number of halogens is 2. The lowest BCUT2D eigenvalue weighted by Gasteiger charge is -2.27. The van der Waals surface area contributed by atoms with E-state index in [1.807, 2.05) is 73.6 Å². The number of nitrogens with zero attached hydrogens (tertiary/aromatic N) is 2. The van der Waals surface area contributed by atoms with Gasteiger partial charge in [-0.1, -0.05) is 47.5 Å². The van der Waals surface area contributed by atoms with Crippen LogP contribution in [0.2, 0.25) is 10.0 Å². The third-order valence-corrected chi connectivity index (χ3v) is 6.45. The van der Waals surface area contributed by atoms with E-state index in [9.17, 15) is 4.79 Å². The maximum atomic E-state index is 13.5. The topological polar surface area (TPSA) is 54.5 Å². The van der Waals surface area contributed by atoms with Gasteiger partial charge in [-0.05, 0) is 36.4 Å². The first kappa shape index (κ1) is 22.5. The van der Waals surface area contributed by atoms with Gasteiger partial charge >= 0.3 is 0 Å². The maximum absolute atomic E-state index is 13.5. The van der Waals surface area contributed by atoms with Gasteiger partial charge in [0.1, 0.15) is 5.75 Å². The number of para-hydroxylation sites is 1. The van der Waals surface area contributed by atoms with Crippen LogP contribution in [0.5, 0.6) is 5.75 Å². The van der Waals surface area contributed by atoms with Crippen molar-refractivity contribution in [3.63, 3.8) is 0 Å². The first-order chi connectivity index (χ1) is 16.4. The fourth-order valence-electron chi connectivity index (χ4n) is 4.55. The number of pyridine rings is 1. The van der Waals surface area contributed by atoms with E-state index in [4.69, 9.17) is 27.9 Å². The second-order valence-corrected chi connectivity index (χ2v) is 9.34. The van der Waals surface area contributed by atoms with E-state index in [1.165, 1.54) is 0 Å². The van der Waals surface area contributed by atoms with Crippen molar-refractivity contribution in [1.82, 2.24) is 10.3 Å². The Morgan fingerprint density at radius 3 is 2.56 bits per heavy atom. The normalized spacial score (nSPS) is 14.9. The summed E-state index contributed by atoms with van der Waals surface area (Å²) in [6.07, 6.45) is 2.47. The number of carbonyl (C=O) groups excluding carboxylic acids is 1. The molecule has 1 amide bonds. The molecular formula is C27H23Cl2N3O2. The Labute approximate surface area is 208 Å². The number of benzene rings is 3. The highest BCUT2D eigenvalue weighted by Crippen LogP contribution is 2.37. The van der Waals surface area contributed by atoms with Crippen molar-refractivity contribution >= 4 is 45.6 Å². The van der Waals surface area contributed by atoms with Gasteiger partial charge in [0.05, 0.1) is 29.6 Å². The van der Waals surface area contributed by atoms with Crippen LogP contribution in [0.15, 0.2) is 66.9 Å². The number of amides is 1. The summed E-state index contributed by atoms with van der Waals surface area (Å²) in [7, 11) is 3.87. The molecular weight excluding hydrogens is 469 g/mol. The average molecular weight is 492 g/mol. The number of ether oxygens (including phenoxy) is 1. The Hall–Kier alpha value is -3.28. The molecule has 0 aliphatic carbocycles. The third-order valence-electron chi connectivity index (χ3n) is 6.01. The zero-order chi connectivity index (χ0) is 23.8. The van der Waals surface area contributed by atoms with E-state index in [0.717, 1.165) is 45.5 Å². The summed E-state index contributed by atoms with van der Waals surface area (Å²) < 4.78 is 5.75. The number of nitrogens with one attached hydrogen (secondary N) is 1. The van der Waals surface area contributed by atoms with Crippen molar-refractivity contribution in [2.45, 2.75) is 12.5 Å². The minimum Gasteiger partial charge on any atom is -0.493 e. The monoisotopic (exact) mass is 491 g/mol. The number of aromatic nitrogens is 1. The Morgan fingerprint density at radius 2 is 1.79 bits per heavy atom. The average Bonchev–Trinajstić information content (AvgIpc) is 2.82. The summed E-state index contributed by atoms with van der Waals surface area (Å²) in [5.41, 5.74) is 4.01. The van der Waals surface area contributed by atoms with E-state index in [0.29, 0.717) is 22.2 Å². The number of hydrogen-bond acceptors (Lipinski definition) is 4. The molecule has 5 nitrogen and oxygen atoms in total. The first-order valence-electron chi connectivity index (χ1n) is 11.0. The highest BCUT2D eigenvalue weighted by molar-refractivity contribution is 6.35. The van der Waals surface area contributed by atoms with E-state index < -0.39 is 0 Å². The maximum Gasteiger partial charge on any atom is 0.253 e. The molecule has 1 aromatic heterocycles. The molecule has 34 heavy (non-hydrogen) atoms. The minimum atomic E-state index is -0.128. The third kappa shape index (κ3) is 4.17.